The molecule has 6 nitrogen and oxygen atoms in total. The van der Waals surface area contributed by atoms with Crippen molar-refractivity contribution >= 4 is 11.7 Å². The quantitative estimate of drug-likeness (QED) is 0.941. The molecule has 24 heavy (non-hydrogen) atoms. The van der Waals surface area contributed by atoms with Gasteiger partial charge in [0.15, 0.2) is 0 Å². The Morgan fingerprint density at radius 1 is 1.12 bits per heavy atom. The average Bonchev–Trinajstić information content (AvgIpc) is 2.99. The van der Waals surface area contributed by atoms with E-state index < -0.39 is 0 Å². The highest BCUT2D eigenvalue weighted by Crippen LogP contribution is 2.19. The summed E-state index contributed by atoms with van der Waals surface area (Å²) in [5.41, 5.74) is 2.75. The van der Waals surface area contributed by atoms with Crippen LogP contribution in [0.5, 0.6) is 0 Å². The van der Waals surface area contributed by atoms with Crippen molar-refractivity contribution in [3.05, 3.63) is 41.1 Å². The Kier molecular flexibility index (Phi) is 4.55. The highest BCUT2D eigenvalue weighted by Gasteiger charge is 2.24. The summed E-state index contributed by atoms with van der Waals surface area (Å²) in [6.45, 7) is 11.2. The van der Waals surface area contributed by atoms with Crippen LogP contribution in [0.3, 0.4) is 0 Å². The van der Waals surface area contributed by atoms with E-state index in [1.165, 1.54) is 0 Å². The summed E-state index contributed by atoms with van der Waals surface area (Å²) >= 11 is 0. The molecule has 0 aliphatic carbocycles. The van der Waals surface area contributed by atoms with E-state index >= 15 is 0 Å². The molecule has 2 aromatic rings. The summed E-state index contributed by atoms with van der Waals surface area (Å²) < 4.78 is 0. The maximum atomic E-state index is 12.6. The van der Waals surface area contributed by atoms with Gasteiger partial charge >= 0.3 is 0 Å². The Morgan fingerprint density at radius 2 is 1.83 bits per heavy atom. The minimum Gasteiger partial charge on any atom is -0.367 e. The van der Waals surface area contributed by atoms with Crippen LogP contribution in [-0.2, 0) is 0 Å². The van der Waals surface area contributed by atoms with E-state index in [0.29, 0.717) is 19.0 Å². The first-order valence-electron chi connectivity index (χ1n) is 8.49. The van der Waals surface area contributed by atoms with Gasteiger partial charge in [-0.3, -0.25) is 4.79 Å². The molecule has 0 bridgehead atoms. The second-order valence-corrected chi connectivity index (χ2v) is 6.71. The lowest BCUT2D eigenvalue weighted by Crippen LogP contribution is -2.49. The van der Waals surface area contributed by atoms with E-state index in [2.05, 4.69) is 28.7 Å². The molecule has 128 valence electrons. The molecule has 2 aromatic heterocycles. The lowest BCUT2D eigenvalue weighted by Gasteiger charge is -2.35. The molecule has 1 aliphatic rings. The van der Waals surface area contributed by atoms with Crippen LogP contribution in [0.15, 0.2) is 18.5 Å². The zero-order chi connectivity index (χ0) is 17.3. The highest BCUT2D eigenvalue weighted by atomic mass is 16.2. The van der Waals surface area contributed by atoms with Crippen LogP contribution in [-0.4, -0.2) is 51.9 Å². The second kappa shape index (κ2) is 6.63. The first-order chi connectivity index (χ1) is 11.5. The van der Waals surface area contributed by atoms with Gasteiger partial charge in [0.2, 0.25) is 0 Å². The van der Waals surface area contributed by atoms with Gasteiger partial charge in [-0.05, 0) is 19.4 Å². The van der Waals surface area contributed by atoms with Crippen LogP contribution in [0.25, 0.3) is 0 Å². The zero-order valence-corrected chi connectivity index (χ0v) is 14.8. The Morgan fingerprint density at radius 3 is 2.42 bits per heavy atom. The van der Waals surface area contributed by atoms with Crippen LogP contribution < -0.4 is 4.90 Å². The first kappa shape index (κ1) is 16.5. The van der Waals surface area contributed by atoms with Crippen molar-refractivity contribution in [1.82, 2.24) is 19.9 Å². The van der Waals surface area contributed by atoms with E-state index in [0.717, 1.165) is 41.6 Å². The van der Waals surface area contributed by atoms with Gasteiger partial charge in [0.1, 0.15) is 11.6 Å². The number of amides is 1. The van der Waals surface area contributed by atoms with Gasteiger partial charge in [-0.1, -0.05) is 13.8 Å². The van der Waals surface area contributed by atoms with Crippen molar-refractivity contribution in [2.24, 2.45) is 0 Å². The number of nitrogens with one attached hydrogen (secondary N) is 1. The molecule has 0 unspecified atom stereocenters. The summed E-state index contributed by atoms with van der Waals surface area (Å²) in [4.78, 5) is 29.0. The molecule has 1 N–H and O–H groups in total. The van der Waals surface area contributed by atoms with Crippen LogP contribution in [0.4, 0.5) is 5.82 Å². The van der Waals surface area contributed by atoms with Crippen molar-refractivity contribution in [2.75, 3.05) is 31.1 Å². The summed E-state index contributed by atoms with van der Waals surface area (Å²) in [5, 5.41) is 0. The Labute approximate surface area is 142 Å². The van der Waals surface area contributed by atoms with Crippen molar-refractivity contribution in [3.8, 4) is 0 Å². The minimum absolute atomic E-state index is 0.107. The van der Waals surface area contributed by atoms with Crippen LogP contribution in [0.1, 0.15) is 47.2 Å². The number of aryl methyl sites for hydroxylation is 2. The van der Waals surface area contributed by atoms with Gasteiger partial charge < -0.3 is 14.8 Å². The molecule has 0 spiro atoms. The Hall–Kier alpha value is -2.37. The predicted molar refractivity (Wildman–Crippen MR) is 94.5 cm³/mol. The SMILES string of the molecule is Cc1cc(N2CCN(C(=O)c3c[nH]cc3C)CC2)nc(C(C)C)n1. The highest BCUT2D eigenvalue weighted by molar-refractivity contribution is 5.95. The lowest BCUT2D eigenvalue weighted by atomic mass is 10.1. The van der Waals surface area contributed by atoms with E-state index in [4.69, 9.17) is 4.98 Å². The van der Waals surface area contributed by atoms with E-state index in [1.807, 2.05) is 31.0 Å². The minimum atomic E-state index is 0.107. The van der Waals surface area contributed by atoms with Crippen LogP contribution in [0.2, 0.25) is 0 Å². The number of H-pyrrole nitrogens is 1. The fourth-order valence-electron chi connectivity index (χ4n) is 2.98. The molecular formula is C18H25N5O. The van der Waals surface area contributed by atoms with Crippen molar-refractivity contribution in [2.45, 2.75) is 33.6 Å². The first-order valence-corrected chi connectivity index (χ1v) is 8.49. The van der Waals surface area contributed by atoms with Crippen LogP contribution >= 0.6 is 0 Å². The maximum absolute atomic E-state index is 12.6. The Bertz CT molecular complexity index is 729. The topological polar surface area (TPSA) is 65.1 Å². The molecule has 1 amide bonds. The fraction of sp³-hybridized carbons (Fsp3) is 0.500. The fourth-order valence-corrected chi connectivity index (χ4v) is 2.98. The van der Waals surface area contributed by atoms with Crippen molar-refractivity contribution in [3.63, 3.8) is 0 Å². The molecule has 3 rings (SSSR count). The number of piperazine rings is 1. The van der Waals surface area contributed by atoms with Gasteiger partial charge in [0, 0.05) is 56.3 Å². The third kappa shape index (κ3) is 3.27. The number of anilines is 1. The normalized spacial score (nSPS) is 15.2. The summed E-state index contributed by atoms with van der Waals surface area (Å²) in [6, 6.07) is 2.03. The standard InChI is InChI=1S/C18H25N5O/c1-12(2)17-20-14(4)9-16(21-17)22-5-7-23(8-6-22)18(24)15-11-19-10-13(15)3/h9-12,19H,5-8H2,1-4H3. The van der Waals surface area contributed by atoms with Gasteiger partial charge in [0.05, 0.1) is 5.56 Å². The van der Waals surface area contributed by atoms with Gasteiger partial charge in [-0.2, -0.15) is 0 Å². The van der Waals surface area contributed by atoms with E-state index in [-0.39, 0.29) is 5.91 Å². The van der Waals surface area contributed by atoms with Gasteiger partial charge in [0.25, 0.3) is 5.91 Å². The average molecular weight is 327 g/mol. The second-order valence-electron chi connectivity index (χ2n) is 6.71. The van der Waals surface area contributed by atoms with E-state index in [1.54, 1.807) is 6.20 Å². The number of aromatic amines is 1. The molecule has 1 fully saturated rings. The molecule has 1 saturated heterocycles. The van der Waals surface area contributed by atoms with Crippen molar-refractivity contribution in [1.29, 1.82) is 0 Å². The number of nitrogens with zero attached hydrogens (tertiary/aromatic N) is 4. The number of carbonyl (C=O) groups excluding carboxylic acids is 1. The molecule has 1 aliphatic heterocycles. The third-order valence-corrected chi connectivity index (χ3v) is 4.45. The molecule has 6 heteroatoms. The maximum Gasteiger partial charge on any atom is 0.255 e. The molecular weight excluding hydrogens is 302 g/mol. The van der Waals surface area contributed by atoms with Gasteiger partial charge in [-0.15, -0.1) is 0 Å². The summed E-state index contributed by atoms with van der Waals surface area (Å²) in [5.74, 6) is 2.26. The smallest absolute Gasteiger partial charge is 0.255 e. The molecule has 3 heterocycles. The number of hydrogen-bond acceptors (Lipinski definition) is 4. The number of hydrogen-bond donors (Lipinski definition) is 1. The Balaban J connectivity index is 1.69. The molecule has 0 saturated carbocycles. The molecule has 0 radical (unpaired) electrons. The summed E-state index contributed by atoms with van der Waals surface area (Å²) in [6.07, 6.45) is 3.65. The lowest BCUT2D eigenvalue weighted by molar-refractivity contribution is 0.0746. The van der Waals surface area contributed by atoms with Crippen LogP contribution in [0, 0.1) is 13.8 Å². The van der Waals surface area contributed by atoms with E-state index in [9.17, 15) is 4.79 Å². The number of carbonyl (C=O) groups is 1. The predicted octanol–water partition coefficient (Wildman–Crippen LogP) is 2.51. The monoisotopic (exact) mass is 327 g/mol. The number of aromatic nitrogens is 3. The summed E-state index contributed by atoms with van der Waals surface area (Å²) in [7, 11) is 0. The van der Waals surface area contributed by atoms with Crippen molar-refractivity contribution < 1.29 is 4.79 Å². The molecule has 0 aromatic carbocycles. The third-order valence-electron chi connectivity index (χ3n) is 4.45. The largest absolute Gasteiger partial charge is 0.367 e. The van der Waals surface area contributed by atoms with Gasteiger partial charge in [-0.25, -0.2) is 9.97 Å². The number of rotatable bonds is 3. The molecule has 0 atom stereocenters. The zero-order valence-electron chi connectivity index (χ0n) is 14.8.